The predicted octanol–water partition coefficient (Wildman–Crippen LogP) is 4.10. The van der Waals surface area contributed by atoms with E-state index in [2.05, 4.69) is 25.8 Å². The summed E-state index contributed by atoms with van der Waals surface area (Å²) >= 11 is -1.21. The Morgan fingerprint density at radius 1 is 1.08 bits per heavy atom. The number of hydrogen-bond donors (Lipinski definition) is 1. The standard InChI is InChI=1S/C5H4N3O2S2.3C4H9.Sn/c6-12(9,10)5-2-11-4-1-7-3-8(4)5;3*1-3-4-2;/h1,3H,(H2,6,9,10);3*1,3-4H2,2H3;. The van der Waals surface area contributed by atoms with Crippen molar-refractivity contribution in [2.24, 2.45) is 5.14 Å². The Morgan fingerprint density at radius 3 is 2.04 bits per heavy atom. The van der Waals surface area contributed by atoms with Crippen LogP contribution in [0.15, 0.2) is 17.6 Å². The molecule has 2 N–H and O–H groups in total. The second kappa shape index (κ2) is 9.19. The first-order valence-electron chi connectivity index (χ1n) is 9.37. The summed E-state index contributed by atoms with van der Waals surface area (Å²) in [5.41, 5.74) is 0. The monoisotopic (exact) mass is 493 g/mol. The summed E-state index contributed by atoms with van der Waals surface area (Å²) in [7, 11) is -3.76. The molecule has 0 aliphatic heterocycles. The van der Waals surface area contributed by atoms with Crippen LogP contribution < -0.4 is 8.03 Å². The third-order valence-corrected chi connectivity index (χ3v) is 25.9. The molecule has 2 rings (SSSR count). The fourth-order valence-corrected chi connectivity index (χ4v) is 27.8. The van der Waals surface area contributed by atoms with Gasteiger partial charge >= 0.3 is 161 Å². The van der Waals surface area contributed by atoms with Gasteiger partial charge in [0, 0.05) is 0 Å². The Balaban J connectivity index is 2.65. The molecule has 0 spiro atoms. The van der Waals surface area contributed by atoms with E-state index in [0.29, 0.717) is 5.03 Å². The van der Waals surface area contributed by atoms with Crippen LogP contribution in [0.3, 0.4) is 0 Å². The fraction of sp³-hybridized carbons (Fsp3) is 0.706. The van der Waals surface area contributed by atoms with E-state index in [-0.39, 0.29) is 0 Å². The van der Waals surface area contributed by atoms with Crippen LogP contribution in [0.5, 0.6) is 0 Å². The maximum atomic E-state index is 12.5. The normalized spacial score (nSPS) is 13.0. The number of fused-ring (bicyclic) bond motifs is 1. The van der Waals surface area contributed by atoms with E-state index in [1.54, 1.807) is 28.3 Å². The van der Waals surface area contributed by atoms with Gasteiger partial charge in [-0.1, -0.05) is 0 Å². The summed E-state index contributed by atoms with van der Waals surface area (Å²) in [4.78, 5) is 5.03. The zero-order chi connectivity index (χ0) is 18.5. The number of unbranched alkanes of at least 4 members (excludes halogenated alkanes) is 3. The third-order valence-electron chi connectivity index (χ3n) is 5.00. The first-order chi connectivity index (χ1) is 11.9. The van der Waals surface area contributed by atoms with Crippen molar-refractivity contribution in [3.63, 3.8) is 0 Å². The maximum absolute atomic E-state index is 12.5. The van der Waals surface area contributed by atoms with E-state index >= 15 is 0 Å². The van der Waals surface area contributed by atoms with Crippen molar-refractivity contribution in [1.82, 2.24) is 9.38 Å². The molecule has 8 heteroatoms. The van der Waals surface area contributed by atoms with Crippen LogP contribution >= 0.6 is 11.3 Å². The molecule has 0 saturated heterocycles. The van der Waals surface area contributed by atoms with Crippen LogP contribution in [0, 0.1) is 0 Å². The van der Waals surface area contributed by atoms with Gasteiger partial charge in [0.15, 0.2) is 0 Å². The molecule has 0 bridgehead atoms. The van der Waals surface area contributed by atoms with Gasteiger partial charge in [-0.3, -0.25) is 0 Å². The Hall–Kier alpha value is -0.121. The van der Waals surface area contributed by atoms with Crippen LogP contribution in [-0.2, 0) is 10.0 Å². The Kier molecular flexibility index (Phi) is 7.79. The number of imidazole rings is 1. The molecule has 2 heterocycles. The molecule has 5 nitrogen and oxygen atoms in total. The summed E-state index contributed by atoms with van der Waals surface area (Å²) in [5.74, 6) is 0. The SMILES string of the molecule is CCC[CH2][Sn]([CH2]CCC)([CH2]CCC)[c]1sc2cncn2c1S(N)(=O)=O. The van der Waals surface area contributed by atoms with Gasteiger partial charge in [-0.25, -0.2) is 0 Å². The molecule has 0 aromatic carbocycles. The molecular weight excluding hydrogens is 461 g/mol. The zero-order valence-electron chi connectivity index (χ0n) is 15.6. The molecule has 0 saturated carbocycles. The molecule has 0 unspecified atom stereocenters. The van der Waals surface area contributed by atoms with Crippen molar-refractivity contribution in [2.75, 3.05) is 0 Å². The minimum atomic E-state index is -3.76. The first kappa shape index (κ1) is 21.2. The minimum absolute atomic E-state index is 0.351. The Labute approximate surface area is 160 Å². The van der Waals surface area contributed by atoms with E-state index in [0.717, 1.165) is 27.0 Å². The molecule has 0 radical (unpaired) electrons. The number of rotatable bonds is 11. The molecule has 0 aliphatic carbocycles. The van der Waals surface area contributed by atoms with E-state index in [4.69, 9.17) is 5.14 Å². The summed E-state index contributed by atoms with van der Waals surface area (Å²) in [6.07, 6.45) is 10.4. The average molecular weight is 492 g/mol. The fourth-order valence-electron chi connectivity index (χ4n) is 3.63. The number of sulfonamides is 1. The first-order valence-corrected chi connectivity index (χ1v) is 19.2. The van der Waals surface area contributed by atoms with Crippen LogP contribution in [-0.4, -0.2) is 36.2 Å². The summed E-state index contributed by atoms with van der Waals surface area (Å²) in [5, 5.41) is 6.02. The molecule has 2 aromatic rings. The van der Waals surface area contributed by atoms with Gasteiger partial charge < -0.3 is 0 Å². The Bertz CT molecular complexity index is 761. The number of thiazole rings is 1. The van der Waals surface area contributed by atoms with E-state index in [9.17, 15) is 8.42 Å². The second-order valence-corrected chi connectivity index (χ2v) is 23.5. The van der Waals surface area contributed by atoms with Crippen molar-refractivity contribution in [3.05, 3.63) is 12.5 Å². The van der Waals surface area contributed by atoms with Crippen molar-refractivity contribution >= 4 is 47.5 Å². The van der Waals surface area contributed by atoms with Gasteiger partial charge in [0.2, 0.25) is 0 Å². The quantitative estimate of drug-likeness (QED) is 0.480. The van der Waals surface area contributed by atoms with Crippen molar-refractivity contribution in [1.29, 1.82) is 0 Å². The average Bonchev–Trinajstić information content (AvgIpc) is 3.14. The molecule has 2 aromatic heterocycles. The predicted molar refractivity (Wildman–Crippen MR) is 109 cm³/mol. The van der Waals surface area contributed by atoms with Crippen LogP contribution in [0.2, 0.25) is 13.3 Å². The number of aromatic nitrogens is 2. The number of nitrogens with two attached hydrogens (primary N) is 1. The van der Waals surface area contributed by atoms with E-state index in [1.807, 2.05) is 0 Å². The van der Waals surface area contributed by atoms with Gasteiger partial charge in [0.05, 0.1) is 0 Å². The Morgan fingerprint density at radius 2 is 1.60 bits per heavy atom. The topological polar surface area (TPSA) is 77.5 Å². The van der Waals surface area contributed by atoms with Gasteiger partial charge in [-0.05, 0) is 0 Å². The van der Waals surface area contributed by atoms with Crippen molar-refractivity contribution in [2.45, 2.75) is 77.6 Å². The van der Waals surface area contributed by atoms with Crippen LogP contribution in [0.1, 0.15) is 59.3 Å². The molecule has 142 valence electrons. The van der Waals surface area contributed by atoms with Gasteiger partial charge in [0.1, 0.15) is 0 Å². The molecule has 0 aliphatic rings. The van der Waals surface area contributed by atoms with Crippen LogP contribution in [0.4, 0.5) is 0 Å². The van der Waals surface area contributed by atoms with Gasteiger partial charge in [-0.15, -0.1) is 0 Å². The van der Waals surface area contributed by atoms with E-state index < -0.39 is 28.4 Å². The molecule has 25 heavy (non-hydrogen) atoms. The van der Waals surface area contributed by atoms with E-state index in [1.165, 1.54) is 32.6 Å². The van der Waals surface area contributed by atoms with Gasteiger partial charge in [0.25, 0.3) is 0 Å². The molecule has 0 amide bonds. The van der Waals surface area contributed by atoms with Crippen molar-refractivity contribution < 1.29 is 8.42 Å². The van der Waals surface area contributed by atoms with Gasteiger partial charge in [-0.2, -0.15) is 0 Å². The van der Waals surface area contributed by atoms with Crippen LogP contribution in [0.25, 0.3) is 4.83 Å². The molecular formula is C17H31N3O2S2Sn. The van der Waals surface area contributed by atoms with Crippen molar-refractivity contribution in [3.8, 4) is 0 Å². The second-order valence-electron chi connectivity index (χ2n) is 6.97. The number of hydrogen-bond acceptors (Lipinski definition) is 4. The third kappa shape index (κ3) is 4.78. The molecule has 0 atom stereocenters. The summed E-state index contributed by atoms with van der Waals surface area (Å²) < 4.78 is 31.5. The summed E-state index contributed by atoms with van der Waals surface area (Å²) in [6.45, 7) is 6.67. The number of primary sulfonamides is 1. The zero-order valence-corrected chi connectivity index (χ0v) is 20.1. The number of nitrogens with zero attached hydrogens (tertiary/aromatic N) is 2. The summed E-state index contributed by atoms with van der Waals surface area (Å²) in [6, 6.07) is 0. The molecule has 0 fully saturated rings.